The first-order chi connectivity index (χ1) is 10.7. The minimum absolute atomic E-state index is 0.142. The molecule has 1 aliphatic carbocycles. The Balaban J connectivity index is 1.51. The molecule has 0 atom stereocenters. The van der Waals surface area contributed by atoms with E-state index in [4.69, 9.17) is 4.52 Å². The number of hydrogen-bond donors (Lipinski definition) is 0. The van der Waals surface area contributed by atoms with Crippen LogP contribution in [0.1, 0.15) is 18.6 Å². The molecule has 4 nitrogen and oxygen atoms in total. The normalized spacial score (nSPS) is 14.0. The van der Waals surface area contributed by atoms with Crippen molar-refractivity contribution in [1.29, 1.82) is 0 Å². The Morgan fingerprint density at radius 2 is 2.14 bits per heavy atom. The molecule has 1 fully saturated rings. The number of nitrogens with zero attached hydrogens (tertiary/aromatic N) is 2. The minimum Gasteiger partial charge on any atom is -0.359 e. The zero-order valence-corrected chi connectivity index (χ0v) is 13.5. The Kier molecular flexibility index (Phi) is 4.83. The van der Waals surface area contributed by atoms with Crippen molar-refractivity contribution >= 4 is 17.7 Å². The van der Waals surface area contributed by atoms with E-state index in [0.717, 1.165) is 22.9 Å². The second-order valence-electron chi connectivity index (χ2n) is 5.75. The number of thioether (sulfide) groups is 1. The smallest absolute Gasteiger partial charge is 0.232 e. The van der Waals surface area contributed by atoms with Crippen LogP contribution in [0.3, 0.4) is 0 Å². The summed E-state index contributed by atoms with van der Waals surface area (Å²) in [6.45, 7) is 0.461. The van der Waals surface area contributed by atoms with Crippen molar-refractivity contribution in [2.75, 3.05) is 18.6 Å². The lowest BCUT2D eigenvalue weighted by Crippen LogP contribution is -2.27. The summed E-state index contributed by atoms with van der Waals surface area (Å²) in [5, 5.41) is 4.07. The highest BCUT2D eigenvalue weighted by Crippen LogP contribution is 2.32. The van der Waals surface area contributed by atoms with Gasteiger partial charge >= 0.3 is 0 Å². The third-order valence-electron chi connectivity index (χ3n) is 3.72. The largest absolute Gasteiger partial charge is 0.359 e. The molecule has 1 aromatic heterocycles. The minimum atomic E-state index is 0.142. The summed E-state index contributed by atoms with van der Waals surface area (Å²) in [7, 11) is 1.81. The van der Waals surface area contributed by atoms with Crippen LogP contribution in [-0.4, -0.2) is 34.5 Å². The Hall–Kier alpha value is -1.75. The van der Waals surface area contributed by atoms with Crippen LogP contribution in [0.25, 0.3) is 11.3 Å². The van der Waals surface area contributed by atoms with E-state index >= 15 is 0 Å². The van der Waals surface area contributed by atoms with Gasteiger partial charge in [-0.25, -0.2) is 0 Å². The predicted octanol–water partition coefficient (Wildman–Crippen LogP) is 3.44. The van der Waals surface area contributed by atoms with Gasteiger partial charge in [-0.05, 0) is 24.5 Å². The topological polar surface area (TPSA) is 46.3 Å². The molecule has 2 aromatic rings. The van der Waals surface area contributed by atoms with Gasteiger partial charge in [0.05, 0.1) is 12.3 Å². The maximum absolute atomic E-state index is 12.1. The van der Waals surface area contributed by atoms with Crippen molar-refractivity contribution in [2.24, 2.45) is 5.92 Å². The highest BCUT2D eigenvalue weighted by Gasteiger charge is 2.21. The highest BCUT2D eigenvalue weighted by atomic mass is 32.2. The number of hydrogen-bond acceptors (Lipinski definition) is 4. The summed E-state index contributed by atoms with van der Waals surface area (Å²) < 4.78 is 5.34. The third-order valence-corrected chi connectivity index (χ3v) is 4.88. The first-order valence-corrected chi connectivity index (χ1v) is 8.70. The lowest BCUT2D eigenvalue weighted by molar-refractivity contribution is -0.127. The molecule has 22 heavy (non-hydrogen) atoms. The van der Waals surface area contributed by atoms with Crippen molar-refractivity contribution < 1.29 is 9.32 Å². The molecule has 0 saturated heterocycles. The summed E-state index contributed by atoms with van der Waals surface area (Å²) in [6, 6.07) is 11.8. The van der Waals surface area contributed by atoms with Crippen molar-refractivity contribution in [3.8, 4) is 11.3 Å². The molecule has 5 heteroatoms. The van der Waals surface area contributed by atoms with Crippen LogP contribution in [0.5, 0.6) is 0 Å². The average Bonchev–Trinajstić information content (AvgIpc) is 3.25. The molecule has 1 heterocycles. The molecule has 0 N–H and O–H groups in total. The van der Waals surface area contributed by atoms with Crippen LogP contribution < -0.4 is 0 Å². The van der Waals surface area contributed by atoms with Gasteiger partial charge in [0.15, 0.2) is 5.76 Å². The molecule has 0 aliphatic heterocycles. The quantitative estimate of drug-likeness (QED) is 0.785. The molecule has 1 amide bonds. The maximum atomic E-state index is 12.1. The van der Waals surface area contributed by atoms with Gasteiger partial charge in [-0.1, -0.05) is 35.5 Å². The van der Waals surface area contributed by atoms with E-state index in [1.165, 1.54) is 12.8 Å². The molecule has 1 aromatic carbocycles. The Morgan fingerprint density at radius 3 is 2.86 bits per heavy atom. The Bertz CT molecular complexity index is 623. The third kappa shape index (κ3) is 4.13. The number of aromatic nitrogens is 1. The van der Waals surface area contributed by atoms with Crippen LogP contribution in [-0.2, 0) is 11.3 Å². The van der Waals surface area contributed by atoms with Gasteiger partial charge < -0.3 is 9.42 Å². The lowest BCUT2D eigenvalue weighted by Gasteiger charge is -2.14. The van der Waals surface area contributed by atoms with E-state index in [1.54, 1.807) is 16.7 Å². The number of rotatable bonds is 7. The maximum Gasteiger partial charge on any atom is 0.232 e. The zero-order chi connectivity index (χ0) is 15.4. The van der Waals surface area contributed by atoms with Crippen LogP contribution in [0, 0.1) is 5.92 Å². The van der Waals surface area contributed by atoms with E-state index < -0.39 is 0 Å². The van der Waals surface area contributed by atoms with Crippen LogP contribution >= 0.6 is 11.8 Å². The monoisotopic (exact) mass is 316 g/mol. The van der Waals surface area contributed by atoms with Crippen LogP contribution in [0.15, 0.2) is 40.9 Å². The van der Waals surface area contributed by atoms with Crippen LogP contribution in [0.4, 0.5) is 0 Å². The number of amides is 1. The van der Waals surface area contributed by atoms with Gasteiger partial charge in [-0.2, -0.15) is 11.8 Å². The summed E-state index contributed by atoms with van der Waals surface area (Å²) in [4.78, 5) is 13.8. The summed E-state index contributed by atoms with van der Waals surface area (Å²) >= 11 is 1.74. The average molecular weight is 316 g/mol. The fourth-order valence-electron chi connectivity index (χ4n) is 2.16. The van der Waals surface area contributed by atoms with Crippen molar-refractivity contribution in [2.45, 2.75) is 19.4 Å². The molecule has 116 valence electrons. The Morgan fingerprint density at radius 1 is 1.36 bits per heavy atom. The fourth-order valence-corrected chi connectivity index (χ4v) is 3.34. The summed E-state index contributed by atoms with van der Waals surface area (Å²) in [6.07, 6.45) is 2.66. The van der Waals surface area contributed by atoms with Gasteiger partial charge in [0.25, 0.3) is 0 Å². The standard InChI is InChI=1S/C17H20N2O2S/c1-19(17(20)12-22-11-13-7-8-13)10-15-9-16(18-21-15)14-5-3-2-4-6-14/h2-6,9,13H,7-8,10-12H2,1H3. The highest BCUT2D eigenvalue weighted by molar-refractivity contribution is 7.99. The van der Waals surface area contributed by atoms with Gasteiger partial charge in [-0.15, -0.1) is 0 Å². The Labute approximate surface area is 134 Å². The number of carbonyl (C=O) groups is 1. The van der Waals surface area contributed by atoms with Crippen molar-refractivity contribution in [3.63, 3.8) is 0 Å². The fraction of sp³-hybridized carbons (Fsp3) is 0.412. The van der Waals surface area contributed by atoms with Gasteiger partial charge in [-0.3, -0.25) is 4.79 Å². The SMILES string of the molecule is CN(Cc1cc(-c2ccccc2)no1)C(=O)CSCC1CC1. The summed E-state index contributed by atoms with van der Waals surface area (Å²) in [5.74, 6) is 3.36. The van der Waals surface area contributed by atoms with Gasteiger partial charge in [0.2, 0.25) is 5.91 Å². The molecular weight excluding hydrogens is 296 g/mol. The van der Waals surface area contributed by atoms with Crippen LogP contribution in [0.2, 0.25) is 0 Å². The van der Waals surface area contributed by atoms with E-state index in [0.29, 0.717) is 18.1 Å². The zero-order valence-electron chi connectivity index (χ0n) is 12.7. The van der Waals surface area contributed by atoms with Gasteiger partial charge in [0.1, 0.15) is 5.69 Å². The lowest BCUT2D eigenvalue weighted by atomic mass is 10.1. The number of benzene rings is 1. The van der Waals surface area contributed by atoms with E-state index in [-0.39, 0.29) is 5.91 Å². The predicted molar refractivity (Wildman–Crippen MR) is 88.5 cm³/mol. The molecule has 1 aliphatic rings. The first kappa shape index (κ1) is 15.2. The summed E-state index contributed by atoms with van der Waals surface area (Å²) in [5.41, 5.74) is 1.83. The second kappa shape index (κ2) is 7.01. The second-order valence-corrected chi connectivity index (χ2v) is 6.78. The first-order valence-electron chi connectivity index (χ1n) is 7.55. The van der Waals surface area contributed by atoms with Gasteiger partial charge in [0, 0.05) is 18.7 Å². The van der Waals surface area contributed by atoms with E-state index in [1.807, 2.05) is 43.4 Å². The number of carbonyl (C=O) groups excluding carboxylic acids is 1. The molecular formula is C17H20N2O2S. The molecule has 0 unspecified atom stereocenters. The molecule has 3 rings (SSSR count). The van der Waals surface area contributed by atoms with E-state index in [9.17, 15) is 4.79 Å². The van der Waals surface area contributed by atoms with Crippen molar-refractivity contribution in [3.05, 3.63) is 42.2 Å². The molecule has 0 radical (unpaired) electrons. The van der Waals surface area contributed by atoms with E-state index in [2.05, 4.69) is 5.16 Å². The van der Waals surface area contributed by atoms with Crippen molar-refractivity contribution in [1.82, 2.24) is 10.1 Å². The molecule has 0 spiro atoms. The molecule has 1 saturated carbocycles. The molecule has 0 bridgehead atoms.